The predicted octanol–water partition coefficient (Wildman–Crippen LogP) is 2.18. The Kier molecular flexibility index (Phi) is 6.71. The number of fused-ring (bicyclic) bond motifs is 1. The van der Waals surface area contributed by atoms with Crippen LogP contribution in [0.2, 0.25) is 0 Å². The molecule has 0 radical (unpaired) electrons. The van der Waals surface area contributed by atoms with E-state index in [4.69, 9.17) is 4.74 Å². The largest absolute Gasteiger partial charge is 0.479 e. The Bertz CT molecular complexity index is 864. The van der Waals surface area contributed by atoms with Gasteiger partial charge in [0, 0.05) is 45.0 Å². The van der Waals surface area contributed by atoms with Gasteiger partial charge in [0.05, 0.1) is 11.7 Å². The van der Waals surface area contributed by atoms with Gasteiger partial charge in [0.2, 0.25) is 5.91 Å². The van der Waals surface area contributed by atoms with Crippen LogP contribution in [0.15, 0.2) is 48.8 Å². The number of hydrogen-bond donors (Lipinski definition) is 1. The third-order valence-electron chi connectivity index (χ3n) is 5.26. The standard InChI is InChI=1S/C21H24N4O3.ClH/c1-15-21(27)25(17-6-2-3-7-19(17)28-15)11-8-20(26)24-12-10-23-14-18(24)16-5-4-9-22-13-16;/h2-7,9,13,15,18,23H,8,10-12,14H2,1H3;1H. The number of anilines is 1. The minimum absolute atomic E-state index is 0. The number of carbonyl (C=O) groups excluding carboxylic acids is 2. The molecule has 1 fully saturated rings. The van der Waals surface area contributed by atoms with E-state index in [1.165, 1.54) is 0 Å². The summed E-state index contributed by atoms with van der Waals surface area (Å²) in [6.07, 6.45) is 3.26. The van der Waals surface area contributed by atoms with Crippen LogP contribution in [-0.4, -0.2) is 54.0 Å². The van der Waals surface area contributed by atoms with Gasteiger partial charge in [0.1, 0.15) is 5.75 Å². The van der Waals surface area contributed by atoms with Crippen molar-refractivity contribution in [1.29, 1.82) is 0 Å². The second kappa shape index (κ2) is 9.24. The fourth-order valence-corrected chi connectivity index (χ4v) is 3.81. The molecule has 2 atom stereocenters. The zero-order chi connectivity index (χ0) is 19.5. The van der Waals surface area contributed by atoms with Gasteiger partial charge in [0.15, 0.2) is 6.10 Å². The number of rotatable bonds is 4. The summed E-state index contributed by atoms with van der Waals surface area (Å²) in [5.74, 6) is 0.604. The van der Waals surface area contributed by atoms with Gasteiger partial charge in [-0.2, -0.15) is 0 Å². The molecule has 2 aliphatic heterocycles. The van der Waals surface area contributed by atoms with E-state index in [2.05, 4.69) is 10.3 Å². The van der Waals surface area contributed by atoms with Gasteiger partial charge in [0.25, 0.3) is 5.91 Å². The SMILES string of the molecule is CC1Oc2ccccc2N(CCC(=O)N2CCNCC2c2cccnc2)C1=O.Cl. The first kappa shape index (κ1) is 21.1. The lowest BCUT2D eigenvalue weighted by Gasteiger charge is -2.37. The normalized spacial score (nSPS) is 21.1. The molecule has 2 amide bonds. The van der Waals surface area contributed by atoms with Crippen molar-refractivity contribution < 1.29 is 14.3 Å². The van der Waals surface area contributed by atoms with E-state index in [-0.39, 0.29) is 36.7 Å². The van der Waals surface area contributed by atoms with Crippen LogP contribution >= 0.6 is 12.4 Å². The molecule has 1 aromatic carbocycles. The second-order valence-corrected chi connectivity index (χ2v) is 7.06. The lowest BCUT2D eigenvalue weighted by atomic mass is 10.0. The second-order valence-electron chi connectivity index (χ2n) is 7.06. The highest BCUT2D eigenvalue weighted by Gasteiger charge is 2.33. The number of piperazine rings is 1. The molecule has 2 aliphatic rings. The zero-order valence-corrected chi connectivity index (χ0v) is 17.1. The molecule has 7 nitrogen and oxygen atoms in total. The summed E-state index contributed by atoms with van der Waals surface area (Å²) in [7, 11) is 0. The van der Waals surface area contributed by atoms with Crippen molar-refractivity contribution >= 4 is 29.9 Å². The Labute approximate surface area is 176 Å². The van der Waals surface area contributed by atoms with Crippen LogP contribution in [0, 0.1) is 0 Å². The Morgan fingerprint density at radius 3 is 2.90 bits per heavy atom. The molecule has 2 aromatic rings. The smallest absolute Gasteiger partial charge is 0.267 e. The first-order valence-electron chi connectivity index (χ1n) is 9.62. The molecular weight excluding hydrogens is 392 g/mol. The lowest BCUT2D eigenvalue weighted by molar-refractivity contribution is -0.134. The van der Waals surface area contributed by atoms with Crippen LogP contribution in [-0.2, 0) is 9.59 Å². The first-order valence-corrected chi connectivity index (χ1v) is 9.62. The van der Waals surface area contributed by atoms with Gasteiger partial charge < -0.3 is 19.9 Å². The Morgan fingerprint density at radius 2 is 2.10 bits per heavy atom. The molecule has 29 heavy (non-hydrogen) atoms. The fraction of sp³-hybridized carbons (Fsp3) is 0.381. The summed E-state index contributed by atoms with van der Waals surface area (Å²) < 4.78 is 5.67. The summed E-state index contributed by atoms with van der Waals surface area (Å²) in [6.45, 7) is 4.18. The highest BCUT2D eigenvalue weighted by Crippen LogP contribution is 2.33. The summed E-state index contributed by atoms with van der Waals surface area (Å²) in [5.41, 5.74) is 1.74. The molecule has 1 saturated heterocycles. The van der Waals surface area contributed by atoms with Crippen molar-refractivity contribution in [1.82, 2.24) is 15.2 Å². The van der Waals surface area contributed by atoms with Crippen LogP contribution in [0.1, 0.15) is 24.9 Å². The van der Waals surface area contributed by atoms with Crippen LogP contribution in [0.5, 0.6) is 5.75 Å². The quantitative estimate of drug-likeness (QED) is 0.826. The van der Waals surface area contributed by atoms with E-state index < -0.39 is 6.10 Å². The molecular formula is C21H25ClN4O3. The van der Waals surface area contributed by atoms with E-state index in [9.17, 15) is 9.59 Å². The van der Waals surface area contributed by atoms with E-state index in [0.717, 1.165) is 17.8 Å². The summed E-state index contributed by atoms with van der Waals surface area (Å²) >= 11 is 0. The van der Waals surface area contributed by atoms with E-state index in [1.807, 2.05) is 41.3 Å². The Hall–Kier alpha value is -2.64. The number of hydrogen-bond acceptors (Lipinski definition) is 5. The van der Waals surface area contributed by atoms with Crippen LogP contribution in [0.3, 0.4) is 0 Å². The van der Waals surface area contributed by atoms with Crippen LogP contribution < -0.4 is 15.0 Å². The van der Waals surface area contributed by atoms with Gasteiger partial charge in [-0.1, -0.05) is 18.2 Å². The topological polar surface area (TPSA) is 74.8 Å². The molecule has 0 aliphatic carbocycles. The average Bonchev–Trinajstić information content (AvgIpc) is 2.74. The number of para-hydroxylation sites is 2. The number of ether oxygens (including phenoxy) is 1. The molecule has 4 rings (SSSR count). The number of halogens is 1. The highest BCUT2D eigenvalue weighted by molar-refractivity contribution is 6.00. The number of pyridine rings is 1. The monoisotopic (exact) mass is 416 g/mol. The molecule has 3 heterocycles. The number of aromatic nitrogens is 1. The number of nitrogens with one attached hydrogen (secondary N) is 1. The van der Waals surface area contributed by atoms with Crippen molar-refractivity contribution in [3.05, 3.63) is 54.4 Å². The minimum atomic E-state index is -0.549. The van der Waals surface area contributed by atoms with Crippen molar-refractivity contribution in [2.45, 2.75) is 25.5 Å². The van der Waals surface area contributed by atoms with Gasteiger partial charge in [-0.05, 0) is 30.7 Å². The third kappa shape index (κ3) is 4.36. The Morgan fingerprint density at radius 1 is 1.28 bits per heavy atom. The Balaban J connectivity index is 0.00000240. The van der Waals surface area contributed by atoms with Gasteiger partial charge >= 0.3 is 0 Å². The third-order valence-corrected chi connectivity index (χ3v) is 5.26. The molecule has 8 heteroatoms. The van der Waals surface area contributed by atoms with E-state index >= 15 is 0 Å². The summed E-state index contributed by atoms with van der Waals surface area (Å²) in [4.78, 5) is 33.4. The molecule has 2 unspecified atom stereocenters. The van der Waals surface area contributed by atoms with Crippen LogP contribution in [0.4, 0.5) is 5.69 Å². The molecule has 0 saturated carbocycles. The van der Waals surface area contributed by atoms with Gasteiger partial charge in [-0.15, -0.1) is 12.4 Å². The maximum atomic E-state index is 13.0. The maximum Gasteiger partial charge on any atom is 0.267 e. The summed E-state index contributed by atoms with van der Waals surface area (Å²) in [5, 5.41) is 3.35. The number of nitrogens with zero attached hydrogens (tertiary/aromatic N) is 3. The van der Waals surface area contributed by atoms with Crippen molar-refractivity contribution in [3.8, 4) is 5.75 Å². The predicted molar refractivity (Wildman–Crippen MR) is 112 cm³/mol. The molecule has 154 valence electrons. The molecule has 1 N–H and O–H groups in total. The number of benzene rings is 1. The van der Waals surface area contributed by atoms with Gasteiger partial charge in [-0.25, -0.2) is 0 Å². The molecule has 0 bridgehead atoms. The van der Waals surface area contributed by atoms with Crippen molar-refractivity contribution in [2.24, 2.45) is 0 Å². The first-order chi connectivity index (χ1) is 13.6. The maximum absolute atomic E-state index is 13.0. The van der Waals surface area contributed by atoms with Gasteiger partial charge in [-0.3, -0.25) is 14.6 Å². The summed E-state index contributed by atoms with van der Waals surface area (Å²) in [6, 6.07) is 11.3. The fourth-order valence-electron chi connectivity index (χ4n) is 3.81. The minimum Gasteiger partial charge on any atom is -0.479 e. The molecule has 0 spiro atoms. The van der Waals surface area contributed by atoms with Crippen molar-refractivity contribution in [2.75, 3.05) is 31.1 Å². The highest BCUT2D eigenvalue weighted by atomic mass is 35.5. The average molecular weight is 417 g/mol. The lowest BCUT2D eigenvalue weighted by Crippen LogP contribution is -2.50. The van der Waals surface area contributed by atoms with E-state index in [0.29, 0.717) is 25.4 Å². The number of amides is 2. The van der Waals surface area contributed by atoms with Crippen LogP contribution in [0.25, 0.3) is 0 Å². The molecule has 1 aromatic heterocycles. The zero-order valence-electron chi connectivity index (χ0n) is 16.3. The van der Waals surface area contributed by atoms with E-state index in [1.54, 1.807) is 24.2 Å². The number of carbonyl (C=O) groups is 2. The van der Waals surface area contributed by atoms with Crippen molar-refractivity contribution in [3.63, 3.8) is 0 Å².